The SMILES string of the molecule is Nc1ccc(-c2c(-c3ccc(-c4ccccc4)cc3)cc(-c3ccc(OCCCCCCCCCCOc4ccc(-c5cc(-c6ccc(-c7ccccc7)cc6)c(-c6ccc(N)cc6)c(-c6ccc(-c7ccccc7)cc6)c5)cc4)cc3)cc2-c2ccc(-c3ccccc3)cc2)cc1. The van der Waals surface area contributed by atoms with Crippen LogP contribution < -0.4 is 20.9 Å². The number of unbranched alkanes of at least 4 members (excludes halogenated alkanes) is 7. The van der Waals surface area contributed by atoms with Crippen molar-refractivity contribution < 1.29 is 9.47 Å². The number of rotatable bonds is 25. The summed E-state index contributed by atoms with van der Waals surface area (Å²) in [5.41, 5.74) is 41.9. The molecule has 0 atom stereocenters. The molecule has 0 aliphatic heterocycles. The topological polar surface area (TPSA) is 70.5 Å². The molecule has 0 bridgehead atoms. The van der Waals surface area contributed by atoms with E-state index in [1.165, 1.54) is 81.3 Å². The Labute approximate surface area is 578 Å². The van der Waals surface area contributed by atoms with E-state index in [0.717, 1.165) is 126 Å². The molecule has 0 unspecified atom stereocenters. The van der Waals surface area contributed by atoms with Gasteiger partial charge >= 0.3 is 0 Å². The third-order valence-corrected chi connectivity index (χ3v) is 18.8. The predicted molar refractivity (Wildman–Crippen MR) is 415 cm³/mol. The van der Waals surface area contributed by atoms with Gasteiger partial charge in [-0.3, -0.25) is 0 Å². The zero-order valence-corrected chi connectivity index (χ0v) is 55.4. The van der Waals surface area contributed by atoms with Crippen molar-refractivity contribution in [2.75, 3.05) is 24.7 Å². The summed E-state index contributed by atoms with van der Waals surface area (Å²) in [7, 11) is 0. The molecule has 0 spiro atoms. The second kappa shape index (κ2) is 30.8. The monoisotopic (exact) mass is 1270 g/mol. The third-order valence-electron chi connectivity index (χ3n) is 18.8. The van der Waals surface area contributed by atoms with E-state index >= 15 is 0 Å². The van der Waals surface area contributed by atoms with Crippen LogP contribution in [0.25, 0.3) is 134 Å². The molecule has 14 aromatic carbocycles. The fourth-order valence-corrected chi connectivity index (χ4v) is 13.5. The summed E-state index contributed by atoms with van der Waals surface area (Å²) in [6.45, 7) is 1.40. The first-order chi connectivity index (χ1) is 48.4. The summed E-state index contributed by atoms with van der Waals surface area (Å²) in [5.74, 6) is 1.79. The molecule has 4 N–H and O–H groups in total. The minimum atomic E-state index is 0.701. The maximum absolute atomic E-state index is 6.37. The highest BCUT2D eigenvalue weighted by atomic mass is 16.5. The van der Waals surface area contributed by atoms with Crippen LogP contribution in [0.5, 0.6) is 11.5 Å². The first-order valence-corrected chi connectivity index (χ1v) is 34.6. The quantitative estimate of drug-likeness (QED) is 0.0442. The van der Waals surface area contributed by atoms with Crippen LogP contribution in [0.2, 0.25) is 0 Å². The number of hydrogen-bond acceptors (Lipinski definition) is 4. The summed E-state index contributed by atoms with van der Waals surface area (Å²) in [6, 6.07) is 122. The van der Waals surface area contributed by atoms with E-state index in [0.29, 0.717) is 13.2 Å². The van der Waals surface area contributed by atoms with E-state index in [1.807, 2.05) is 24.3 Å². The first kappa shape index (κ1) is 63.7. The summed E-state index contributed by atoms with van der Waals surface area (Å²) < 4.78 is 12.7. The van der Waals surface area contributed by atoms with Gasteiger partial charge in [0.2, 0.25) is 0 Å². The van der Waals surface area contributed by atoms with Gasteiger partial charge in [-0.05, 0) is 219 Å². The Balaban J connectivity index is 0.587. The molecule has 98 heavy (non-hydrogen) atoms. The van der Waals surface area contributed by atoms with Gasteiger partial charge in [-0.15, -0.1) is 0 Å². The van der Waals surface area contributed by atoms with Gasteiger partial charge in [-0.25, -0.2) is 0 Å². The van der Waals surface area contributed by atoms with Crippen molar-refractivity contribution in [2.45, 2.75) is 51.4 Å². The number of nitrogen functional groups attached to an aromatic ring is 2. The Bertz CT molecular complexity index is 4340. The van der Waals surface area contributed by atoms with Crippen molar-refractivity contribution in [1.82, 2.24) is 0 Å². The molecular weight excluding hydrogens is 1190 g/mol. The van der Waals surface area contributed by atoms with Crippen LogP contribution in [-0.4, -0.2) is 13.2 Å². The Morgan fingerprint density at radius 3 is 0.622 bits per heavy atom. The second-order valence-corrected chi connectivity index (χ2v) is 25.5. The van der Waals surface area contributed by atoms with Crippen LogP contribution >= 0.6 is 0 Å². The molecule has 0 amide bonds. The molecule has 478 valence electrons. The number of anilines is 2. The smallest absolute Gasteiger partial charge is 0.119 e. The molecule has 0 aliphatic carbocycles. The molecule has 0 aromatic heterocycles. The zero-order valence-electron chi connectivity index (χ0n) is 55.4. The van der Waals surface area contributed by atoms with Crippen LogP contribution in [0, 0.1) is 0 Å². The Morgan fingerprint density at radius 1 is 0.173 bits per heavy atom. The van der Waals surface area contributed by atoms with E-state index in [4.69, 9.17) is 20.9 Å². The Kier molecular flexibility index (Phi) is 20.0. The van der Waals surface area contributed by atoms with Crippen LogP contribution in [-0.2, 0) is 0 Å². The normalized spacial score (nSPS) is 11.1. The molecule has 0 aliphatic rings. The van der Waals surface area contributed by atoms with Crippen molar-refractivity contribution in [1.29, 1.82) is 0 Å². The van der Waals surface area contributed by atoms with E-state index in [-0.39, 0.29) is 0 Å². The van der Waals surface area contributed by atoms with Gasteiger partial charge < -0.3 is 20.9 Å². The number of ether oxygens (including phenoxy) is 2. The standard InChI is InChI=1S/C94H80N2O2/c95-85-53-45-81(46-54-85)93-89(77-37-29-71(30-38-77)67-21-11-7-12-22-67)63-83(64-90(93)78-39-31-72(32-40-78)68-23-13-8-14-24-68)75-49-57-87(58-50-75)97-61-19-5-3-1-2-4-6-20-62-98-88-59-51-76(52-60-88)84-65-91(79-41-33-73(34-42-79)69-25-15-9-16-26-69)94(82-47-55-86(96)56-48-82)92(66-84)80-43-35-74(36-44-80)70-27-17-10-18-28-70/h7-18,21-60,63-66H,1-6,19-20,61-62,95-96H2. The van der Waals surface area contributed by atoms with Gasteiger partial charge in [0.25, 0.3) is 0 Å². The van der Waals surface area contributed by atoms with Gasteiger partial charge in [0.05, 0.1) is 13.2 Å². The molecule has 0 heterocycles. The number of nitrogens with two attached hydrogens (primary N) is 2. The van der Waals surface area contributed by atoms with Crippen LogP contribution in [0.1, 0.15) is 51.4 Å². The largest absolute Gasteiger partial charge is 0.494 e. The molecule has 0 saturated heterocycles. The van der Waals surface area contributed by atoms with E-state index in [1.54, 1.807) is 0 Å². The van der Waals surface area contributed by atoms with Gasteiger partial charge in [0.15, 0.2) is 0 Å². The van der Waals surface area contributed by atoms with Crippen molar-refractivity contribution >= 4 is 11.4 Å². The average Bonchev–Trinajstić information content (AvgIpc) is 0.772. The Morgan fingerprint density at radius 2 is 0.367 bits per heavy atom. The van der Waals surface area contributed by atoms with Gasteiger partial charge in [0.1, 0.15) is 11.5 Å². The second-order valence-electron chi connectivity index (χ2n) is 25.5. The summed E-state index contributed by atoms with van der Waals surface area (Å²) in [6.07, 6.45) is 9.25. The summed E-state index contributed by atoms with van der Waals surface area (Å²) >= 11 is 0. The van der Waals surface area contributed by atoms with Gasteiger partial charge in [-0.1, -0.05) is 305 Å². The summed E-state index contributed by atoms with van der Waals surface area (Å²) in [5, 5.41) is 0. The zero-order chi connectivity index (χ0) is 66.2. The molecule has 14 aromatic rings. The lowest BCUT2D eigenvalue weighted by molar-refractivity contribution is 0.301. The third kappa shape index (κ3) is 15.3. The van der Waals surface area contributed by atoms with Crippen molar-refractivity contribution in [2.24, 2.45) is 0 Å². The molecule has 0 saturated carbocycles. The fraction of sp³-hybridized carbons (Fsp3) is 0.106. The van der Waals surface area contributed by atoms with E-state index in [9.17, 15) is 0 Å². The van der Waals surface area contributed by atoms with Crippen LogP contribution in [0.3, 0.4) is 0 Å². The Hall–Kier alpha value is -11.7. The van der Waals surface area contributed by atoms with Crippen molar-refractivity contribution in [3.05, 3.63) is 340 Å². The molecule has 14 rings (SSSR count). The van der Waals surface area contributed by atoms with Crippen molar-refractivity contribution in [3.63, 3.8) is 0 Å². The molecule has 0 fully saturated rings. The number of benzene rings is 14. The maximum Gasteiger partial charge on any atom is 0.119 e. The summed E-state index contributed by atoms with van der Waals surface area (Å²) in [4.78, 5) is 0. The van der Waals surface area contributed by atoms with E-state index in [2.05, 4.69) is 315 Å². The lowest BCUT2D eigenvalue weighted by Crippen LogP contribution is -1.98. The molecule has 4 nitrogen and oxygen atoms in total. The number of hydrogen-bond donors (Lipinski definition) is 2. The highest BCUT2D eigenvalue weighted by molar-refractivity contribution is 6.00. The van der Waals surface area contributed by atoms with Gasteiger partial charge in [0, 0.05) is 11.4 Å². The first-order valence-electron chi connectivity index (χ1n) is 34.6. The van der Waals surface area contributed by atoms with Crippen LogP contribution in [0.4, 0.5) is 11.4 Å². The molecule has 4 heteroatoms. The highest BCUT2D eigenvalue weighted by Gasteiger charge is 2.21. The lowest BCUT2D eigenvalue weighted by atomic mass is 9.84. The van der Waals surface area contributed by atoms with Crippen molar-refractivity contribution in [3.8, 4) is 145 Å². The minimum absolute atomic E-state index is 0.701. The molecular formula is C94H80N2O2. The average molecular weight is 1270 g/mol. The van der Waals surface area contributed by atoms with E-state index < -0.39 is 0 Å². The fourth-order valence-electron chi connectivity index (χ4n) is 13.5. The molecule has 0 radical (unpaired) electrons. The lowest BCUT2D eigenvalue weighted by Gasteiger charge is -2.20. The minimum Gasteiger partial charge on any atom is -0.494 e. The van der Waals surface area contributed by atoms with Gasteiger partial charge in [-0.2, -0.15) is 0 Å². The highest BCUT2D eigenvalue weighted by Crippen LogP contribution is 2.47. The maximum atomic E-state index is 6.37. The predicted octanol–water partition coefficient (Wildman–Crippen LogP) is 25.4. The van der Waals surface area contributed by atoms with Crippen LogP contribution in [0.15, 0.2) is 340 Å².